The fourth-order valence-electron chi connectivity index (χ4n) is 14.0. The summed E-state index contributed by atoms with van der Waals surface area (Å²) in [6.45, 7) is 24.0. The Morgan fingerprint density at radius 3 is 0.875 bits per heavy atom. The van der Waals surface area contributed by atoms with Gasteiger partial charge in [-0.15, -0.1) is 0 Å². The van der Waals surface area contributed by atoms with Crippen LogP contribution in [0.3, 0.4) is 0 Å². The largest absolute Gasteiger partial charge is 0.550 e. The van der Waals surface area contributed by atoms with Gasteiger partial charge in [0, 0.05) is 39.5 Å². The third kappa shape index (κ3) is 26.2. The highest BCUT2D eigenvalue weighted by molar-refractivity contribution is 5.73. The lowest BCUT2D eigenvalue weighted by atomic mass is 9.52. The first-order valence-corrected chi connectivity index (χ1v) is 31.6. The van der Waals surface area contributed by atoms with Gasteiger partial charge < -0.3 is 19.8 Å². The topological polar surface area (TPSA) is 105 Å². The molecule has 2 heterocycles. The van der Waals surface area contributed by atoms with Gasteiger partial charge in [-0.3, -0.25) is 9.68 Å². The van der Waals surface area contributed by atoms with E-state index in [2.05, 4.69) is 79.4 Å². The van der Waals surface area contributed by atoms with Crippen LogP contribution < -0.4 is 10.2 Å². The molecule has 0 unspecified atom stereocenters. The lowest BCUT2D eigenvalue weighted by Crippen LogP contribution is -2.68. The molecule has 0 aromatic heterocycles. The molecule has 426 valence electrons. The number of rotatable bonds is 47. The van der Waals surface area contributed by atoms with Crippen molar-refractivity contribution < 1.29 is 29.5 Å². The molecular formula is C64H122N2O6-2. The van der Waals surface area contributed by atoms with Crippen molar-refractivity contribution in [2.75, 3.05) is 13.2 Å². The molecule has 0 spiro atoms. The standard InChI is InChI=1S/C64H124N2O6/c1-11-13-15-17-19-21-23-25-27-29-31-33-35-37-42-46-50-71-65-60(3,4)52-56(53-61(65,5)6)64(59(69)70,49-45-41-39-40-44-48-58(67)68)57-54-62(7,8)66(63(9,10)55-57)72-51-47-43-38-36-34-32-30-28-26-24-22-20-18-16-14-12-2/h56-57H,11-55H2,1-10H3,(H,67,68)(H,69,70)/p-2. The normalized spacial score (nSPS) is 18.5. The van der Waals surface area contributed by atoms with Crippen molar-refractivity contribution in [2.45, 2.75) is 367 Å². The van der Waals surface area contributed by atoms with E-state index in [0.717, 1.165) is 64.2 Å². The third-order valence-electron chi connectivity index (χ3n) is 17.4. The summed E-state index contributed by atoms with van der Waals surface area (Å²) >= 11 is 0. The molecule has 0 aliphatic carbocycles. The van der Waals surface area contributed by atoms with Gasteiger partial charge in [-0.05, 0) is 125 Å². The number of hydrogen-bond donors (Lipinski definition) is 0. The highest BCUT2D eigenvalue weighted by Gasteiger charge is 2.59. The Hall–Kier alpha value is -1.22. The van der Waals surface area contributed by atoms with Crippen molar-refractivity contribution >= 4 is 11.9 Å². The Morgan fingerprint density at radius 2 is 0.625 bits per heavy atom. The Labute approximate surface area is 447 Å². The molecule has 0 bridgehead atoms. The van der Waals surface area contributed by atoms with Gasteiger partial charge >= 0.3 is 0 Å². The molecule has 2 fully saturated rings. The highest BCUT2D eigenvalue weighted by atomic mass is 16.7. The lowest BCUT2D eigenvalue weighted by Gasteiger charge is -2.63. The molecule has 2 rings (SSSR count). The van der Waals surface area contributed by atoms with E-state index in [1.807, 2.05) is 0 Å². The Bertz CT molecular complexity index is 1250. The van der Waals surface area contributed by atoms with Crippen LogP contribution in [0, 0.1) is 17.3 Å². The minimum absolute atomic E-state index is 0.0809. The molecule has 0 aromatic carbocycles. The van der Waals surface area contributed by atoms with E-state index < -0.39 is 17.4 Å². The molecule has 0 saturated carbocycles. The van der Waals surface area contributed by atoms with E-state index in [9.17, 15) is 19.8 Å². The maximum absolute atomic E-state index is 14.3. The minimum atomic E-state index is -1.02. The zero-order valence-electron chi connectivity index (χ0n) is 49.8. The smallest absolute Gasteiger partial charge is 0.0685 e. The fraction of sp³-hybridized carbons (Fsp3) is 0.969. The number of carbonyl (C=O) groups excluding carboxylic acids is 2. The first-order chi connectivity index (χ1) is 34.4. The summed E-state index contributed by atoms with van der Waals surface area (Å²) in [5.74, 6) is -2.06. The number of piperidine rings is 2. The number of unbranched alkanes of at least 4 members (excludes halogenated alkanes) is 34. The van der Waals surface area contributed by atoms with Gasteiger partial charge in [0.25, 0.3) is 0 Å². The van der Waals surface area contributed by atoms with Gasteiger partial charge in [0.1, 0.15) is 0 Å². The number of carbonyl (C=O) groups is 2. The Balaban J connectivity index is 1.97. The average Bonchev–Trinajstić information content (AvgIpc) is 3.29. The van der Waals surface area contributed by atoms with Crippen molar-refractivity contribution in [1.82, 2.24) is 10.1 Å². The van der Waals surface area contributed by atoms with E-state index in [1.54, 1.807) is 0 Å². The van der Waals surface area contributed by atoms with E-state index in [-0.39, 0.29) is 40.4 Å². The molecule has 72 heavy (non-hydrogen) atoms. The second-order valence-corrected chi connectivity index (χ2v) is 26.3. The predicted molar refractivity (Wildman–Crippen MR) is 301 cm³/mol. The van der Waals surface area contributed by atoms with Crippen LogP contribution in [0.5, 0.6) is 0 Å². The number of aliphatic carboxylic acids is 2. The maximum atomic E-state index is 14.3. The van der Waals surface area contributed by atoms with Crippen LogP contribution in [-0.2, 0) is 19.3 Å². The number of nitrogens with zero attached hydrogens (tertiary/aromatic N) is 2. The van der Waals surface area contributed by atoms with Gasteiger partial charge in [0.2, 0.25) is 0 Å². The molecule has 2 aliphatic rings. The molecule has 8 heteroatoms. The van der Waals surface area contributed by atoms with Crippen LogP contribution in [0.1, 0.15) is 345 Å². The van der Waals surface area contributed by atoms with Gasteiger partial charge in [0.05, 0.1) is 13.2 Å². The first-order valence-electron chi connectivity index (χ1n) is 31.6. The quantitative estimate of drug-likeness (QED) is 0.0555. The number of hydrogen-bond acceptors (Lipinski definition) is 8. The number of carboxylic acids is 2. The van der Waals surface area contributed by atoms with E-state index in [1.165, 1.54) is 193 Å². The van der Waals surface area contributed by atoms with Crippen LogP contribution in [0.2, 0.25) is 0 Å². The number of carboxylic acid groups (broad SMARTS) is 2. The maximum Gasteiger partial charge on any atom is 0.0685 e. The SMILES string of the molecule is CCCCCCCCCCCCCCCCCCON1C(C)(C)CC(C(CCCCCCCC(=O)[O-])(C(=O)[O-])C2CC(C)(C)N(OCCCCCCCCCCCCCCCCCC)C(C)(C)C2)CC1(C)C. The summed E-state index contributed by atoms with van der Waals surface area (Å²) in [5.41, 5.74) is -2.48. The van der Waals surface area contributed by atoms with Crippen LogP contribution in [0.15, 0.2) is 0 Å². The summed E-state index contributed by atoms with van der Waals surface area (Å²) < 4.78 is 0. The second kappa shape index (κ2) is 37.5. The van der Waals surface area contributed by atoms with Crippen molar-refractivity contribution in [3.8, 4) is 0 Å². The molecule has 2 saturated heterocycles. The van der Waals surface area contributed by atoms with Crippen molar-refractivity contribution in [3.63, 3.8) is 0 Å². The van der Waals surface area contributed by atoms with Gasteiger partial charge in [0.15, 0.2) is 0 Å². The van der Waals surface area contributed by atoms with Gasteiger partial charge in [-0.1, -0.05) is 232 Å². The van der Waals surface area contributed by atoms with Gasteiger partial charge in [-0.2, -0.15) is 10.1 Å². The monoisotopic (exact) mass is 1010 g/mol. The molecule has 0 radical (unpaired) electrons. The first kappa shape index (κ1) is 66.9. The summed E-state index contributed by atoms with van der Waals surface area (Å²) in [6, 6.07) is 0. The second-order valence-electron chi connectivity index (χ2n) is 26.3. The molecule has 2 aliphatic heterocycles. The zero-order chi connectivity index (χ0) is 53.2. The van der Waals surface area contributed by atoms with Crippen LogP contribution in [0.25, 0.3) is 0 Å². The van der Waals surface area contributed by atoms with Crippen LogP contribution in [0.4, 0.5) is 0 Å². The zero-order valence-corrected chi connectivity index (χ0v) is 49.8. The Kier molecular flexibility index (Phi) is 34.9. The average molecular weight is 1020 g/mol. The molecule has 0 N–H and O–H groups in total. The van der Waals surface area contributed by atoms with Crippen LogP contribution >= 0.6 is 0 Å². The third-order valence-corrected chi connectivity index (χ3v) is 17.4. The number of hydroxylamine groups is 4. The van der Waals surface area contributed by atoms with Crippen LogP contribution in [-0.4, -0.2) is 57.4 Å². The minimum Gasteiger partial charge on any atom is -0.550 e. The molecule has 0 aromatic rings. The lowest BCUT2D eigenvalue weighted by molar-refractivity contribution is -0.343. The highest BCUT2D eigenvalue weighted by Crippen LogP contribution is 2.58. The summed E-state index contributed by atoms with van der Waals surface area (Å²) in [6.07, 6.45) is 50.6. The van der Waals surface area contributed by atoms with Crippen molar-refractivity contribution in [1.29, 1.82) is 0 Å². The summed E-state index contributed by atoms with van der Waals surface area (Å²) in [7, 11) is 0. The van der Waals surface area contributed by atoms with Crippen molar-refractivity contribution in [2.24, 2.45) is 17.3 Å². The van der Waals surface area contributed by atoms with E-state index in [0.29, 0.717) is 26.1 Å². The van der Waals surface area contributed by atoms with Gasteiger partial charge in [-0.25, -0.2) is 0 Å². The Morgan fingerprint density at radius 1 is 0.389 bits per heavy atom. The predicted octanol–water partition coefficient (Wildman–Crippen LogP) is 17.1. The van der Waals surface area contributed by atoms with Crippen molar-refractivity contribution in [3.05, 3.63) is 0 Å². The summed E-state index contributed by atoms with van der Waals surface area (Å²) in [4.78, 5) is 38.9. The fourth-order valence-corrected chi connectivity index (χ4v) is 14.0. The van der Waals surface area contributed by atoms with E-state index >= 15 is 0 Å². The van der Waals surface area contributed by atoms with E-state index in [4.69, 9.17) is 9.68 Å². The molecular weight excluding hydrogens is 893 g/mol. The molecule has 8 nitrogen and oxygen atoms in total. The summed E-state index contributed by atoms with van der Waals surface area (Å²) in [5, 5.41) is 29.8. The molecule has 0 amide bonds. The molecule has 0 atom stereocenters.